The molecular formula is C17H14ClF3N4O. The van der Waals surface area contributed by atoms with Crippen LogP contribution in [-0.2, 0) is 12.6 Å². The van der Waals surface area contributed by atoms with Gasteiger partial charge in [-0.2, -0.15) is 13.2 Å². The second-order valence-electron chi connectivity index (χ2n) is 5.70. The first-order chi connectivity index (χ1) is 12.2. The number of anilines is 1. The molecule has 1 N–H and O–H groups in total. The Morgan fingerprint density at radius 1 is 1.35 bits per heavy atom. The molecule has 0 radical (unpaired) electrons. The minimum atomic E-state index is -4.60. The number of rotatable bonds is 3. The number of amides is 1. The predicted octanol–water partition coefficient (Wildman–Crippen LogP) is 4.52. The Morgan fingerprint density at radius 2 is 2.08 bits per heavy atom. The summed E-state index contributed by atoms with van der Waals surface area (Å²) in [4.78, 5) is 21.0. The molecule has 9 heteroatoms. The first kappa shape index (κ1) is 18.2. The van der Waals surface area contributed by atoms with Crippen LogP contribution in [0.15, 0.2) is 30.6 Å². The smallest absolute Gasteiger partial charge is 0.305 e. The zero-order chi connectivity index (χ0) is 19.1. The molecule has 0 bridgehead atoms. The van der Waals surface area contributed by atoms with Crippen LogP contribution in [0.3, 0.4) is 0 Å². The zero-order valence-corrected chi connectivity index (χ0v) is 14.6. The maximum absolute atomic E-state index is 13.1. The van der Waals surface area contributed by atoms with Crippen LogP contribution in [0.5, 0.6) is 0 Å². The summed E-state index contributed by atoms with van der Waals surface area (Å²) in [7, 11) is 0. The molecule has 0 aliphatic rings. The number of carbonyl (C=O) groups is 1. The van der Waals surface area contributed by atoms with Crippen LogP contribution in [0, 0.1) is 6.92 Å². The molecule has 0 aliphatic heterocycles. The van der Waals surface area contributed by atoms with Gasteiger partial charge in [0, 0.05) is 12.4 Å². The molecule has 0 fully saturated rings. The van der Waals surface area contributed by atoms with Crippen LogP contribution in [-0.4, -0.2) is 20.3 Å². The van der Waals surface area contributed by atoms with Crippen molar-refractivity contribution >= 4 is 29.0 Å². The van der Waals surface area contributed by atoms with E-state index < -0.39 is 17.6 Å². The number of nitrogens with one attached hydrogen (secondary N) is 1. The van der Waals surface area contributed by atoms with Gasteiger partial charge in [-0.3, -0.25) is 9.20 Å². The van der Waals surface area contributed by atoms with Gasteiger partial charge >= 0.3 is 6.18 Å². The molecule has 0 saturated heterocycles. The lowest BCUT2D eigenvalue weighted by molar-refractivity contribution is -0.137. The maximum Gasteiger partial charge on any atom is 0.417 e. The van der Waals surface area contributed by atoms with E-state index in [0.29, 0.717) is 12.1 Å². The van der Waals surface area contributed by atoms with Crippen molar-refractivity contribution in [2.45, 2.75) is 26.4 Å². The lowest BCUT2D eigenvalue weighted by atomic mass is 10.2. The molecule has 3 aromatic rings. The van der Waals surface area contributed by atoms with Gasteiger partial charge in [0.15, 0.2) is 5.65 Å². The van der Waals surface area contributed by atoms with Crippen molar-refractivity contribution < 1.29 is 18.0 Å². The van der Waals surface area contributed by atoms with Gasteiger partial charge in [0.25, 0.3) is 5.91 Å². The largest absolute Gasteiger partial charge is 0.417 e. The monoisotopic (exact) mass is 382 g/mol. The molecule has 5 nitrogen and oxygen atoms in total. The molecular weight excluding hydrogens is 369 g/mol. The second-order valence-corrected chi connectivity index (χ2v) is 6.11. The molecule has 3 heterocycles. The van der Waals surface area contributed by atoms with E-state index in [1.807, 2.05) is 6.92 Å². The number of carbonyl (C=O) groups excluding carboxylic acids is 1. The number of hydrogen-bond donors (Lipinski definition) is 1. The number of alkyl halides is 3. The number of fused-ring (bicyclic) bond motifs is 1. The van der Waals surface area contributed by atoms with Crippen LogP contribution in [0.1, 0.15) is 34.2 Å². The van der Waals surface area contributed by atoms with E-state index in [1.165, 1.54) is 0 Å². The van der Waals surface area contributed by atoms with Crippen LogP contribution in [0.4, 0.5) is 19.0 Å². The van der Waals surface area contributed by atoms with E-state index >= 15 is 0 Å². The number of imidazole rings is 1. The third kappa shape index (κ3) is 3.37. The van der Waals surface area contributed by atoms with Gasteiger partial charge in [-0.05, 0) is 31.0 Å². The van der Waals surface area contributed by atoms with Gasteiger partial charge in [-0.25, -0.2) is 9.97 Å². The highest BCUT2D eigenvalue weighted by Gasteiger charge is 2.33. The van der Waals surface area contributed by atoms with Gasteiger partial charge in [0.2, 0.25) is 0 Å². The third-order valence-electron chi connectivity index (χ3n) is 3.78. The van der Waals surface area contributed by atoms with Crippen LogP contribution >= 0.6 is 11.6 Å². The first-order valence-electron chi connectivity index (χ1n) is 7.72. The number of halogens is 4. The fraction of sp³-hybridized carbons (Fsp3) is 0.235. The summed E-state index contributed by atoms with van der Waals surface area (Å²) in [5, 5.41) is 2.40. The predicted molar refractivity (Wildman–Crippen MR) is 91.5 cm³/mol. The van der Waals surface area contributed by atoms with Crippen molar-refractivity contribution in [2.75, 3.05) is 5.32 Å². The zero-order valence-electron chi connectivity index (χ0n) is 13.9. The Labute approximate surface area is 151 Å². The maximum atomic E-state index is 13.1. The molecule has 3 rings (SSSR count). The average molecular weight is 383 g/mol. The van der Waals surface area contributed by atoms with Crippen LogP contribution in [0.2, 0.25) is 5.02 Å². The van der Waals surface area contributed by atoms with Crippen molar-refractivity contribution in [1.29, 1.82) is 0 Å². The van der Waals surface area contributed by atoms with Gasteiger partial charge in [0.1, 0.15) is 11.5 Å². The second kappa shape index (κ2) is 6.60. The molecule has 26 heavy (non-hydrogen) atoms. The molecule has 0 spiro atoms. The van der Waals surface area contributed by atoms with Crippen molar-refractivity contribution in [3.8, 4) is 0 Å². The lowest BCUT2D eigenvalue weighted by Crippen LogP contribution is -2.17. The summed E-state index contributed by atoms with van der Waals surface area (Å²) in [5.41, 5.74) is 0.387. The number of aryl methyl sites for hydroxylation is 2. The Balaban J connectivity index is 2.12. The summed E-state index contributed by atoms with van der Waals surface area (Å²) in [6.45, 7) is 3.60. The number of nitrogens with zero attached hydrogens (tertiary/aromatic N) is 3. The molecule has 0 aliphatic carbocycles. The fourth-order valence-corrected chi connectivity index (χ4v) is 2.76. The van der Waals surface area contributed by atoms with E-state index in [-0.39, 0.29) is 22.2 Å². The van der Waals surface area contributed by atoms with Crippen molar-refractivity contribution in [2.24, 2.45) is 0 Å². The number of aromatic nitrogens is 3. The number of pyridine rings is 2. The van der Waals surface area contributed by atoms with Gasteiger partial charge in [-0.15, -0.1) is 0 Å². The van der Waals surface area contributed by atoms with Crippen LogP contribution in [0.25, 0.3) is 5.65 Å². The third-order valence-corrected chi connectivity index (χ3v) is 4.06. The topological polar surface area (TPSA) is 59.3 Å². The fourth-order valence-electron chi connectivity index (χ4n) is 2.51. The summed E-state index contributed by atoms with van der Waals surface area (Å²) in [5.74, 6) is -0.322. The van der Waals surface area contributed by atoms with Crippen molar-refractivity contribution in [1.82, 2.24) is 14.4 Å². The SMILES string of the molecule is CCc1nc2c(Cl)cc(C(F)(F)F)cn2c1C(=O)Nc1ccc(C)cn1. The summed E-state index contributed by atoms with van der Waals surface area (Å²) >= 11 is 5.97. The Morgan fingerprint density at radius 3 is 2.65 bits per heavy atom. The molecule has 3 aromatic heterocycles. The molecule has 136 valence electrons. The Kier molecular flexibility index (Phi) is 4.62. The molecule has 0 unspecified atom stereocenters. The highest BCUT2D eigenvalue weighted by atomic mass is 35.5. The van der Waals surface area contributed by atoms with E-state index in [0.717, 1.165) is 22.2 Å². The highest BCUT2D eigenvalue weighted by molar-refractivity contribution is 6.33. The van der Waals surface area contributed by atoms with E-state index in [2.05, 4.69) is 15.3 Å². The quantitative estimate of drug-likeness (QED) is 0.724. The summed E-state index contributed by atoms with van der Waals surface area (Å²) in [6.07, 6.45) is -1.85. The highest BCUT2D eigenvalue weighted by Crippen LogP contribution is 2.33. The van der Waals surface area contributed by atoms with E-state index in [4.69, 9.17) is 11.6 Å². The van der Waals surface area contributed by atoms with Gasteiger partial charge < -0.3 is 5.32 Å². The van der Waals surface area contributed by atoms with Crippen molar-refractivity contribution in [3.63, 3.8) is 0 Å². The number of hydrogen-bond acceptors (Lipinski definition) is 3. The Bertz CT molecular complexity index is 980. The van der Waals surface area contributed by atoms with Crippen molar-refractivity contribution in [3.05, 3.63) is 58.1 Å². The van der Waals surface area contributed by atoms with Crippen LogP contribution < -0.4 is 5.32 Å². The normalized spacial score (nSPS) is 11.8. The minimum Gasteiger partial charge on any atom is -0.305 e. The summed E-state index contributed by atoms with van der Waals surface area (Å²) in [6, 6.07) is 4.17. The van der Waals surface area contributed by atoms with Gasteiger partial charge in [0.05, 0.1) is 16.3 Å². The average Bonchev–Trinajstić information content (AvgIpc) is 2.95. The standard InChI is InChI=1S/C17H14ClF3N4O/c1-3-12-14(16(26)24-13-5-4-9(2)7-22-13)25-8-10(17(19,20)21)6-11(18)15(25)23-12/h4-8H,3H2,1-2H3,(H,22,24,26). The van der Waals surface area contributed by atoms with E-state index in [1.54, 1.807) is 25.3 Å². The molecule has 0 saturated carbocycles. The molecule has 1 amide bonds. The first-order valence-corrected chi connectivity index (χ1v) is 8.10. The lowest BCUT2D eigenvalue weighted by Gasteiger charge is -2.10. The van der Waals surface area contributed by atoms with Gasteiger partial charge in [-0.1, -0.05) is 24.6 Å². The van der Waals surface area contributed by atoms with E-state index in [9.17, 15) is 18.0 Å². The molecule has 0 aromatic carbocycles. The summed E-state index contributed by atoms with van der Waals surface area (Å²) < 4.78 is 40.4. The minimum absolute atomic E-state index is 0.00197. The molecule has 0 atom stereocenters. The Hall–Kier alpha value is -2.61.